The monoisotopic (exact) mass is 322 g/mol. The zero-order chi connectivity index (χ0) is 15.5. The lowest BCUT2D eigenvalue weighted by Crippen LogP contribution is -2.56. The fourth-order valence-corrected chi connectivity index (χ4v) is 2.08. The Hall–Kier alpha value is -1.50. The summed E-state index contributed by atoms with van der Waals surface area (Å²) < 4.78 is 43.5. The maximum absolute atomic E-state index is 12.8. The number of rotatable bonds is 5. The SMILES string of the molecule is O=C(CCCCl)N1CC(Oc2ncccc2C(F)(F)F)C1. The van der Waals surface area contributed by atoms with Crippen molar-refractivity contribution in [1.82, 2.24) is 9.88 Å². The molecule has 1 fully saturated rings. The molecule has 1 saturated heterocycles. The van der Waals surface area contributed by atoms with E-state index in [4.69, 9.17) is 16.3 Å². The van der Waals surface area contributed by atoms with Gasteiger partial charge in [0.2, 0.25) is 11.8 Å². The molecule has 1 aromatic heterocycles. The number of carbonyl (C=O) groups is 1. The van der Waals surface area contributed by atoms with E-state index in [1.807, 2.05) is 0 Å². The lowest BCUT2D eigenvalue weighted by molar-refractivity contribution is -0.145. The minimum atomic E-state index is -4.51. The Balaban J connectivity index is 1.90. The second-order valence-electron chi connectivity index (χ2n) is 4.68. The van der Waals surface area contributed by atoms with Crippen LogP contribution in [0.15, 0.2) is 18.3 Å². The normalized spacial score (nSPS) is 15.7. The molecule has 1 aromatic rings. The summed E-state index contributed by atoms with van der Waals surface area (Å²) in [7, 11) is 0. The smallest absolute Gasteiger partial charge is 0.421 e. The first-order valence-corrected chi connectivity index (χ1v) is 6.98. The summed E-state index contributed by atoms with van der Waals surface area (Å²) in [4.78, 5) is 16.8. The summed E-state index contributed by atoms with van der Waals surface area (Å²) in [6, 6.07) is 2.13. The summed E-state index contributed by atoms with van der Waals surface area (Å²) in [6.07, 6.45) is -2.80. The summed E-state index contributed by atoms with van der Waals surface area (Å²) in [5.41, 5.74) is -0.906. The van der Waals surface area contributed by atoms with Gasteiger partial charge >= 0.3 is 6.18 Å². The zero-order valence-corrected chi connectivity index (χ0v) is 11.8. The molecule has 4 nitrogen and oxygen atoms in total. The summed E-state index contributed by atoms with van der Waals surface area (Å²) in [5.74, 6) is -0.0991. The molecule has 1 aliphatic heterocycles. The molecule has 0 bridgehead atoms. The number of amides is 1. The van der Waals surface area contributed by atoms with Crippen molar-refractivity contribution in [2.45, 2.75) is 25.1 Å². The van der Waals surface area contributed by atoms with Crippen LogP contribution in [0.2, 0.25) is 0 Å². The molecule has 116 valence electrons. The van der Waals surface area contributed by atoms with Crippen molar-refractivity contribution in [3.8, 4) is 5.88 Å². The van der Waals surface area contributed by atoms with E-state index in [0.29, 0.717) is 18.7 Å². The van der Waals surface area contributed by atoms with Gasteiger partial charge in [-0.3, -0.25) is 4.79 Å². The van der Waals surface area contributed by atoms with Crippen LogP contribution in [0, 0.1) is 0 Å². The number of halogens is 4. The van der Waals surface area contributed by atoms with Gasteiger partial charge in [0.05, 0.1) is 13.1 Å². The van der Waals surface area contributed by atoms with E-state index in [1.165, 1.54) is 17.2 Å². The maximum atomic E-state index is 12.8. The van der Waals surface area contributed by atoms with Crippen LogP contribution in [-0.4, -0.2) is 40.9 Å². The van der Waals surface area contributed by atoms with Crippen LogP contribution in [0.1, 0.15) is 18.4 Å². The van der Waals surface area contributed by atoms with Gasteiger partial charge in [-0.2, -0.15) is 13.2 Å². The van der Waals surface area contributed by atoms with E-state index in [1.54, 1.807) is 0 Å². The quantitative estimate of drug-likeness (QED) is 0.783. The molecule has 0 unspecified atom stereocenters. The first-order valence-electron chi connectivity index (χ1n) is 6.44. The van der Waals surface area contributed by atoms with Gasteiger partial charge < -0.3 is 9.64 Å². The molecule has 8 heteroatoms. The average molecular weight is 323 g/mol. The van der Waals surface area contributed by atoms with E-state index in [2.05, 4.69) is 4.98 Å². The summed E-state index contributed by atoms with van der Waals surface area (Å²) in [6.45, 7) is 0.546. The number of alkyl halides is 4. The molecule has 0 aliphatic carbocycles. The molecule has 0 radical (unpaired) electrons. The molecule has 0 saturated carbocycles. The average Bonchev–Trinajstić information content (AvgIpc) is 2.39. The van der Waals surface area contributed by atoms with E-state index in [-0.39, 0.29) is 19.0 Å². The van der Waals surface area contributed by atoms with Crippen molar-refractivity contribution in [3.63, 3.8) is 0 Å². The molecule has 0 aromatic carbocycles. The third kappa shape index (κ3) is 4.00. The summed E-state index contributed by atoms with van der Waals surface area (Å²) >= 11 is 5.50. The topological polar surface area (TPSA) is 42.4 Å². The number of pyridine rings is 1. The van der Waals surface area contributed by atoms with Crippen LogP contribution in [0.25, 0.3) is 0 Å². The molecule has 0 atom stereocenters. The van der Waals surface area contributed by atoms with Crippen molar-refractivity contribution < 1.29 is 22.7 Å². The molecular formula is C13H14ClF3N2O2. The molecule has 0 spiro atoms. The van der Waals surface area contributed by atoms with Crippen molar-refractivity contribution >= 4 is 17.5 Å². The minimum absolute atomic E-state index is 0.0624. The number of aromatic nitrogens is 1. The third-order valence-electron chi connectivity index (χ3n) is 3.08. The van der Waals surface area contributed by atoms with Gasteiger partial charge in [-0.05, 0) is 18.6 Å². The number of likely N-dealkylation sites (tertiary alicyclic amines) is 1. The van der Waals surface area contributed by atoms with E-state index >= 15 is 0 Å². The van der Waals surface area contributed by atoms with Gasteiger partial charge in [-0.15, -0.1) is 11.6 Å². The highest BCUT2D eigenvalue weighted by atomic mass is 35.5. The van der Waals surface area contributed by atoms with Gasteiger partial charge in [-0.25, -0.2) is 4.98 Å². The van der Waals surface area contributed by atoms with Crippen molar-refractivity contribution in [3.05, 3.63) is 23.9 Å². The number of hydrogen-bond donors (Lipinski definition) is 0. The van der Waals surface area contributed by atoms with Crippen molar-refractivity contribution in [1.29, 1.82) is 0 Å². The van der Waals surface area contributed by atoms with Crippen LogP contribution >= 0.6 is 11.6 Å². The van der Waals surface area contributed by atoms with Gasteiger partial charge in [0.25, 0.3) is 0 Å². The van der Waals surface area contributed by atoms with Crippen molar-refractivity contribution in [2.75, 3.05) is 19.0 Å². The molecule has 2 rings (SSSR count). The minimum Gasteiger partial charge on any atom is -0.470 e. The van der Waals surface area contributed by atoms with Gasteiger partial charge in [0.1, 0.15) is 11.7 Å². The fourth-order valence-electron chi connectivity index (χ4n) is 1.95. The Morgan fingerprint density at radius 1 is 1.48 bits per heavy atom. The Morgan fingerprint density at radius 2 is 2.19 bits per heavy atom. The molecular weight excluding hydrogens is 309 g/mol. The number of carbonyl (C=O) groups excluding carboxylic acids is 1. The van der Waals surface area contributed by atoms with Crippen LogP contribution in [0.3, 0.4) is 0 Å². The maximum Gasteiger partial charge on any atom is 0.421 e. The predicted molar refractivity (Wildman–Crippen MR) is 70.2 cm³/mol. The number of ether oxygens (including phenoxy) is 1. The van der Waals surface area contributed by atoms with Gasteiger partial charge in [0.15, 0.2) is 0 Å². The van der Waals surface area contributed by atoms with E-state index < -0.39 is 23.7 Å². The fraction of sp³-hybridized carbons (Fsp3) is 0.538. The molecule has 2 heterocycles. The standard InChI is InChI=1S/C13H14ClF3N2O2/c14-5-1-4-11(20)19-7-9(8-19)21-12-10(13(15,16)17)3-2-6-18-12/h2-3,6,9H,1,4-5,7-8H2. The Bertz CT molecular complexity index is 504. The Labute approximate surface area is 124 Å². The van der Waals surface area contributed by atoms with Crippen LogP contribution in [0.5, 0.6) is 5.88 Å². The Morgan fingerprint density at radius 3 is 2.81 bits per heavy atom. The number of hydrogen-bond acceptors (Lipinski definition) is 3. The predicted octanol–water partition coefficient (Wildman–Crippen LogP) is 2.71. The first kappa shape index (κ1) is 15.9. The highest BCUT2D eigenvalue weighted by Crippen LogP contribution is 2.35. The molecule has 1 amide bonds. The first-order chi connectivity index (χ1) is 9.91. The number of nitrogens with zero attached hydrogens (tertiary/aromatic N) is 2. The van der Waals surface area contributed by atoms with E-state index in [9.17, 15) is 18.0 Å². The zero-order valence-electron chi connectivity index (χ0n) is 11.1. The highest BCUT2D eigenvalue weighted by molar-refractivity contribution is 6.17. The molecule has 21 heavy (non-hydrogen) atoms. The largest absolute Gasteiger partial charge is 0.470 e. The Kier molecular flexibility index (Phi) is 4.92. The lowest BCUT2D eigenvalue weighted by Gasteiger charge is -2.39. The molecule has 1 aliphatic rings. The van der Waals surface area contributed by atoms with Crippen molar-refractivity contribution in [2.24, 2.45) is 0 Å². The highest BCUT2D eigenvalue weighted by Gasteiger charge is 2.38. The second-order valence-corrected chi connectivity index (χ2v) is 5.06. The van der Waals surface area contributed by atoms with E-state index in [0.717, 1.165) is 6.07 Å². The van der Waals surface area contributed by atoms with Crippen LogP contribution in [-0.2, 0) is 11.0 Å². The van der Waals surface area contributed by atoms with Crippen LogP contribution in [0.4, 0.5) is 13.2 Å². The van der Waals surface area contributed by atoms with Crippen LogP contribution < -0.4 is 4.74 Å². The third-order valence-corrected chi connectivity index (χ3v) is 3.35. The van der Waals surface area contributed by atoms with Gasteiger partial charge in [0, 0.05) is 18.5 Å². The molecule has 0 N–H and O–H groups in total. The lowest BCUT2D eigenvalue weighted by atomic mass is 10.1. The summed E-state index contributed by atoms with van der Waals surface area (Å²) in [5, 5.41) is 0. The van der Waals surface area contributed by atoms with Gasteiger partial charge in [-0.1, -0.05) is 0 Å². The second kappa shape index (κ2) is 6.51.